The van der Waals surface area contributed by atoms with E-state index in [0.717, 1.165) is 18.7 Å². The summed E-state index contributed by atoms with van der Waals surface area (Å²) < 4.78 is 0. The fraction of sp³-hybridized carbons (Fsp3) is 0.545. The first-order valence-corrected chi connectivity index (χ1v) is 5.63. The summed E-state index contributed by atoms with van der Waals surface area (Å²) in [5, 5.41) is 2.84. The minimum atomic E-state index is 0.584. The lowest BCUT2D eigenvalue weighted by molar-refractivity contribution is 0.258. The van der Waals surface area contributed by atoms with E-state index in [0.29, 0.717) is 11.1 Å². The Kier molecular flexibility index (Phi) is 3.24. The quantitative estimate of drug-likeness (QED) is 0.781. The fourth-order valence-electron chi connectivity index (χ4n) is 2.04. The normalized spacial score (nSPS) is 22.2. The Bertz CT molecular complexity index is 354. The minimum absolute atomic E-state index is 0.584. The Labute approximate surface area is 95.4 Å². The molecule has 82 valence electrons. The Hall–Kier alpha value is -0.640. The molecule has 0 unspecified atom stereocenters. The standard InChI is InChI=1S/C11H16ClN3/c1-8-5-10(6-14-11(8)12)9-3-4-15(7-9)13-2/h5-6,9,13H,3-4,7H2,1-2H3/t9-/m1/s1. The zero-order valence-corrected chi connectivity index (χ0v) is 9.88. The predicted octanol–water partition coefficient (Wildman–Crippen LogP) is 1.97. The summed E-state index contributed by atoms with van der Waals surface area (Å²) in [7, 11) is 1.97. The van der Waals surface area contributed by atoms with Gasteiger partial charge in [0, 0.05) is 25.2 Å². The molecule has 2 rings (SSSR count). The fourth-order valence-corrected chi connectivity index (χ4v) is 2.14. The first kappa shape index (κ1) is 10.9. The van der Waals surface area contributed by atoms with Crippen LogP contribution in [-0.4, -0.2) is 30.1 Å². The van der Waals surface area contributed by atoms with Gasteiger partial charge in [0.05, 0.1) is 0 Å². The van der Waals surface area contributed by atoms with E-state index in [-0.39, 0.29) is 0 Å². The number of aryl methyl sites for hydroxylation is 1. The Morgan fingerprint density at radius 1 is 1.60 bits per heavy atom. The van der Waals surface area contributed by atoms with E-state index in [1.165, 1.54) is 12.0 Å². The Morgan fingerprint density at radius 2 is 2.40 bits per heavy atom. The van der Waals surface area contributed by atoms with Gasteiger partial charge in [-0.1, -0.05) is 17.7 Å². The highest BCUT2D eigenvalue weighted by Gasteiger charge is 2.23. The summed E-state index contributed by atoms with van der Waals surface area (Å²) >= 11 is 5.91. The van der Waals surface area contributed by atoms with Gasteiger partial charge < -0.3 is 0 Å². The van der Waals surface area contributed by atoms with Gasteiger partial charge in [-0.05, 0) is 31.5 Å². The van der Waals surface area contributed by atoms with E-state index in [4.69, 9.17) is 11.6 Å². The lowest BCUT2D eigenvalue weighted by Crippen LogP contribution is -2.32. The van der Waals surface area contributed by atoms with Gasteiger partial charge in [-0.3, -0.25) is 5.43 Å². The molecule has 1 atom stereocenters. The minimum Gasteiger partial charge on any atom is -0.258 e. The Morgan fingerprint density at radius 3 is 3.00 bits per heavy atom. The molecule has 15 heavy (non-hydrogen) atoms. The first-order valence-electron chi connectivity index (χ1n) is 5.25. The van der Waals surface area contributed by atoms with E-state index in [1.54, 1.807) is 0 Å². The largest absolute Gasteiger partial charge is 0.258 e. The molecule has 1 aliphatic heterocycles. The summed E-state index contributed by atoms with van der Waals surface area (Å²) in [6, 6.07) is 2.15. The van der Waals surface area contributed by atoms with Crippen LogP contribution in [0.15, 0.2) is 12.3 Å². The number of nitrogens with zero attached hydrogens (tertiary/aromatic N) is 2. The lowest BCUT2D eigenvalue weighted by atomic mass is 9.99. The van der Waals surface area contributed by atoms with Gasteiger partial charge in [-0.15, -0.1) is 0 Å². The van der Waals surface area contributed by atoms with Gasteiger partial charge in [-0.2, -0.15) is 0 Å². The molecular weight excluding hydrogens is 210 g/mol. The van der Waals surface area contributed by atoms with Crippen molar-refractivity contribution in [1.29, 1.82) is 0 Å². The molecule has 1 aliphatic rings. The van der Waals surface area contributed by atoms with Gasteiger partial charge in [0.15, 0.2) is 0 Å². The lowest BCUT2D eigenvalue weighted by Gasteiger charge is -2.14. The van der Waals surface area contributed by atoms with Gasteiger partial charge >= 0.3 is 0 Å². The number of pyridine rings is 1. The van der Waals surface area contributed by atoms with Crippen molar-refractivity contribution in [3.8, 4) is 0 Å². The topological polar surface area (TPSA) is 28.2 Å². The van der Waals surface area contributed by atoms with Crippen molar-refractivity contribution < 1.29 is 0 Å². The van der Waals surface area contributed by atoms with Gasteiger partial charge in [0.1, 0.15) is 5.15 Å². The summed E-state index contributed by atoms with van der Waals surface area (Å²) in [6.07, 6.45) is 3.09. The van der Waals surface area contributed by atoms with Gasteiger partial charge in [0.2, 0.25) is 0 Å². The molecular formula is C11H16ClN3. The van der Waals surface area contributed by atoms with Crippen molar-refractivity contribution in [2.75, 3.05) is 20.1 Å². The average Bonchev–Trinajstić information content (AvgIpc) is 2.70. The number of hydrazine groups is 1. The van der Waals surface area contributed by atoms with Crippen molar-refractivity contribution >= 4 is 11.6 Å². The highest BCUT2D eigenvalue weighted by atomic mass is 35.5. The molecule has 4 heteroatoms. The highest BCUT2D eigenvalue weighted by Crippen LogP contribution is 2.27. The number of rotatable bonds is 2. The van der Waals surface area contributed by atoms with Crippen molar-refractivity contribution in [3.05, 3.63) is 28.5 Å². The summed E-state index contributed by atoms with van der Waals surface area (Å²) in [5.74, 6) is 0.584. The van der Waals surface area contributed by atoms with Crippen LogP contribution in [0.3, 0.4) is 0 Å². The van der Waals surface area contributed by atoms with Crippen LogP contribution in [0.5, 0.6) is 0 Å². The van der Waals surface area contributed by atoms with E-state index in [2.05, 4.69) is 21.5 Å². The number of hydrogen-bond donors (Lipinski definition) is 1. The molecule has 0 bridgehead atoms. The third-order valence-corrected chi connectivity index (χ3v) is 3.41. The van der Waals surface area contributed by atoms with Crippen LogP contribution in [0.4, 0.5) is 0 Å². The molecule has 0 spiro atoms. The van der Waals surface area contributed by atoms with Crippen LogP contribution in [0, 0.1) is 6.92 Å². The van der Waals surface area contributed by atoms with Crippen LogP contribution in [0.2, 0.25) is 5.15 Å². The second-order valence-electron chi connectivity index (χ2n) is 4.03. The number of halogens is 1. The molecule has 2 heterocycles. The molecule has 1 N–H and O–H groups in total. The molecule has 1 saturated heterocycles. The molecule has 0 amide bonds. The SMILES string of the molecule is CNN1CC[C@@H](c2cnc(Cl)c(C)c2)C1. The number of nitrogens with one attached hydrogen (secondary N) is 1. The third kappa shape index (κ3) is 2.30. The maximum Gasteiger partial charge on any atom is 0.131 e. The average molecular weight is 226 g/mol. The number of hydrogen-bond acceptors (Lipinski definition) is 3. The highest BCUT2D eigenvalue weighted by molar-refractivity contribution is 6.30. The predicted molar refractivity (Wildman–Crippen MR) is 62.0 cm³/mol. The van der Waals surface area contributed by atoms with Crippen LogP contribution in [0.1, 0.15) is 23.5 Å². The molecule has 0 saturated carbocycles. The zero-order valence-electron chi connectivity index (χ0n) is 9.13. The van der Waals surface area contributed by atoms with E-state index in [1.807, 2.05) is 20.2 Å². The summed E-state index contributed by atoms with van der Waals surface area (Å²) in [5.41, 5.74) is 5.54. The van der Waals surface area contributed by atoms with Crippen LogP contribution in [-0.2, 0) is 0 Å². The van der Waals surface area contributed by atoms with Crippen LogP contribution in [0.25, 0.3) is 0 Å². The van der Waals surface area contributed by atoms with E-state index < -0.39 is 0 Å². The van der Waals surface area contributed by atoms with Gasteiger partial charge in [0.25, 0.3) is 0 Å². The van der Waals surface area contributed by atoms with Crippen molar-refractivity contribution in [1.82, 2.24) is 15.4 Å². The summed E-state index contributed by atoms with van der Waals surface area (Å²) in [6.45, 7) is 4.16. The Balaban J connectivity index is 2.13. The first-order chi connectivity index (χ1) is 7.20. The molecule has 0 aliphatic carbocycles. The van der Waals surface area contributed by atoms with Crippen molar-refractivity contribution in [2.24, 2.45) is 0 Å². The van der Waals surface area contributed by atoms with E-state index in [9.17, 15) is 0 Å². The molecule has 0 aromatic carbocycles. The van der Waals surface area contributed by atoms with Crippen molar-refractivity contribution in [2.45, 2.75) is 19.3 Å². The molecule has 1 aromatic heterocycles. The maximum atomic E-state index is 5.91. The smallest absolute Gasteiger partial charge is 0.131 e. The van der Waals surface area contributed by atoms with Crippen LogP contribution >= 0.6 is 11.6 Å². The van der Waals surface area contributed by atoms with Gasteiger partial charge in [-0.25, -0.2) is 9.99 Å². The molecule has 0 radical (unpaired) electrons. The zero-order chi connectivity index (χ0) is 10.8. The number of aromatic nitrogens is 1. The second kappa shape index (κ2) is 4.47. The maximum absolute atomic E-state index is 5.91. The molecule has 3 nitrogen and oxygen atoms in total. The summed E-state index contributed by atoms with van der Waals surface area (Å²) in [4.78, 5) is 4.20. The molecule has 1 fully saturated rings. The van der Waals surface area contributed by atoms with Crippen LogP contribution < -0.4 is 5.43 Å². The molecule has 1 aromatic rings. The monoisotopic (exact) mass is 225 g/mol. The van der Waals surface area contributed by atoms with Crippen molar-refractivity contribution in [3.63, 3.8) is 0 Å². The van der Waals surface area contributed by atoms with E-state index >= 15 is 0 Å². The second-order valence-corrected chi connectivity index (χ2v) is 4.39. The third-order valence-electron chi connectivity index (χ3n) is 3.01.